The summed E-state index contributed by atoms with van der Waals surface area (Å²) in [6.07, 6.45) is 0. The highest BCUT2D eigenvalue weighted by Gasteiger charge is 2.38. The van der Waals surface area contributed by atoms with Crippen LogP contribution in [0.4, 0.5) is 0 Å². The standard InChI is InChI=1S/C31H37P/c1-21(2)24-19-17-22-13-9-11-15-25(22)28(24)29-26-16-12-10-14-23(26)18-20-27(29)32(30(3,4)5)31(6,7)8/h9-21H,1-8H3. The monoisotopic (exact) mass is 440 g/mol. The molecule has 0 atom stereocenters. The average Bonchev–Trinajstić information content (AvgIpc) is 2.71. The van der Waals surface area contributed by atoms with Gasteiger partial charge in [-0.3, -0.25) is 0 Å². The fraction of sp³-hybridized carbons (Fsp3) is 0.355. The average molecular weight is 441 g/mol. The second kappa shape index (κ2) is 8.31. The van der Waals surface area contributed by atoms with Gasteiger partial charge >= 0.3 is 0 Å². The summed E-state index contributed by atoms with van der Waals surface area (Å²) in [5.41, 5.74) is 4.34. The molecule has 4 aromatic carbocycles. The topological polar surface area (TPSA) is 0 Å². The molecule has 0 amide bonds. The molecule has 166 valence electrons. The Bertz CT molecular complexity index is 1250. The number of hydrogen-bond donors (Lipinski definition) is 0. The maximum absolute atomic E-state index is 2.45. The van der Waals surface area contributed by atoms with E-state index in [1.165, 1.54) is 43.5 Å². The molecular weight excluding hydrogens is 403 g/mol. The van der Waals surface area contributed by atoms with E-state index in [1.54, 1.807) is 0 Å². The quantitative estimate of drug-likeness (QED) is 0.278. The Hall–Kier alpha value is -2.17. The first-order valence-electron chi connectivity index (χ1n) is 11.8. The summed E-state index contributed by atoms with van der Waals surface area (Å²) < 4.78 is 0. The van der Waals surface area contributed by atoms with Crippen LogP contribution in [-0.2, 0) is 0 Å². The van der Waals surface area contributed by atoms with Gasteiger partial charge in [0.2, 0.25) is 0 Å². The van der Waals surface area contributed by atoms with Crippen LogP contribution in [0.2, 0.25) is 0 Å². The maximum atomic E-state index is 2.45. The SMILES string of the molecule is CC(C)c1ccc2ccccc2c1-c1c(P(C(C)(C)C)C(C)(C)C)ccc2ccccc12. The van der Waals surface area contributed by atoms with Gasteiger partial charge in [0.05, 0.1) is 0 Å². The molecule has 0 bridgehead atoms. The van der Waals surface area contributed by atoms with Crippen molar-refractivity contribution in [3.05, 3.63) is 78.4 Å². The van der Waals surface area contributed by atoms with Crippen LogP contribution < -0.4 is 5.30 Å². The van der Waals surface area contributed by atoms with Crippen LogP contribution in [-0.4, -0.2) is 10.3 Å². The third-order valence-corrected chi connectivity index (χ3v) is 9.86. The second-order valence-corrected chi connectivity index (χ2v) is 15.1. The van der Waals surface area contributed by atoms with Gasteiger partial charge in [0.15, 0.2) is 0 Å². The van der Waals surface area contributed by atoms with Crippen molar-refractivity contribution in [3.63, 3.8) is 0 Å². The molecule has 1 heteroatoms. The van der Waals surface area contributed by atoms with Crippen LogP contribution in [0.25, 0.3) is 32.7 Å². The third-order valence-electron chi connectivity index (χ3n) is 6.32. The third kappa shape index (κ3) is 4.11. The first-order chi connectivity index (χ1) is 15.0. The van der Waals surface area contributed by atoms with E-state index in [9.17, 15) is 0 Å². The van der Waals surface area contributed by atoms with E-state index in [1.807, 2.05) is 0 Å². The number of rotatable bonds is 3. The molecule has 0 saturated carbocycles. The van der Waals surface area contributed by atoms with Gasteiger partial charge in [-0.25, -0.2) is 0 Å². The highest BCUT2D eigenvalue weighted by Crippen LogP contribution is 2.60. The van der Waals surface area contributed by atoms with Gasteiger partial charge in [-0.05, 0) is 59.8 Å². The minimum Gasteiger partial charge on any atom is -0.0636 e. The molecule has 0 aliphatic rings. The Balaban J connectivity index is 2.24. The van der Waals surface area contributed by atoms with E-state index in [4.69, 9.17) is 0 Å². The smallest absolute Gasteiger partial charge is 0.00189 e. The molecule has 0 spiro atoms. The highest BCUT2D eigenvalue weighted by atomic mass is 31.1. The molecule has 0 aliphatic heterocycles. The Morgan fingerprint density at radius 1 is 0.562 bits per heavy atom. The lowest BCUT2D eigenvalue weighted by molar-refractivity contribution is 0.715. The summed E-state index contributed by atoms with van der Waals surface area (Å²) in [7, 11) is -0.443. The minimum absolute atomic E-state index is 0.202. The van der Waals surface area contributed by atoms with E-state index in [0.717, 1.165) is 0 Å². The van der Waals surface area contributed by atoms with Crippen molar-refractivity contribution in [1.82, 2.24) is 0 Å². The number of hydrogen-bond acceptors (Lipinski definition) is 0. The zero-order chi connectivity index (χ0) is 23.3. The fourth-order valence-electron chi connectivity index (χ4n) is 5.49. The van der Waals surface area contributed by atoms with Crippen LogP contribution in [0.1, 0.15) is 66.9 Å². The number of benzene rings is 4. The molecule has 0 aromatic heterocycles. The number of fused-ring (bicyclic) bond motifs is 2. The summed E-state index contributed by atoms with van der Waals surface area (Å²) in [6.45, 7) is 19.2. The molecule has 0 unspecified atom stereocenters. The van der Waals surface area contributed by atoms with Crippen molar-refractivity contribution in [3.8, 4) is 11.1 Å². The molecule has 0 N–H and O–H groups in total. The molecule has 0 saturated heterocycles. The molecule has 0 radical (unpaired) electrons. The van der Waals surface area contributed by atoms with E-state index in [-0.39, 0.29) is 10.3 Å². The van der Waals surface area contributed by atoms with Crippen LogP contribution in [0, 0.1) is 0 Å². The van der Waals surface area contributed by atoms with E-state index in [0.29, 0.717) is 5.92 Å². The zero-order valence-electron chi connectivity index (χ0n) is 21.0. The van der Waals surface area contributed by atoms with Gasteiger partial charge < -0.3 is 0 Å². The van der Waals surface area contributed by atoms with Gasteiger partial charge in [-0.1, -0.05) is 136 Å². The molecular formula is C31H37P. The molecule has 4 rings (SSSR count). The van der Waals surface area contributed by atoms with Crippen molar-refractivity contribution >= 4 is 34.8 Å². The normalized spacial score (nSPS) is 12.9. The van der Waals surface area contributed by atoms with Crippen molar-refractivity contribution < 1.29 is 0 Å². The lowest BCUT2D eigenvalue weighted by Gasteiger charge is -2.43. The molecule has 4 aromatic rings. The Labute approximate surface area is 195 Å². The van der Waals surface area contributed by atoms with Gasteiger partial charge in [-0.2, -0.15) is 0 Å². The summed E-state index contributed by atoms with van der Waals surface area (Å²) in [5, 5.41) is 7.34. The zero-order valence-corrected chi connectivity index (χ0v) is 21.8. The van der Waals surface area contributed by atoms with Crippen LogP contribution in [0.5, 0.6) is 0 Å². The maximum Gasteiger partial charge on any atom is -0.00189 e. The van der Waals surface area contributed by atoms with Crippen molar-refractivity contribution in [2.75, 3.05) is 0 Å². The molecule has 0 nitrogen and oxygen atoms in total. The van der Waals surface area contributed by atoms with Gasteiger partial charge in [0.1, 0.15) is 0 Å². The molecule has 0 fully saturated rings. The predicted molar refractivity (Wildman–Crippen MR) is 147 cm³/mol. The Morgan fingerprint density at radius 3 is 1.53 bits per heavy atom. The van der Waals surface area contributed by atoms with Crippen molar-refractivity contribution in [2.45, 2.75) is 71.6 Å². The molecule has 32 heavy (non-hydrogen) atoms. The lowest BCUT2D eigenvalue weighted by Crippen LogP contribution is -2.32. The van der Waals surface area contributed by atoms with E-state index in [2.05, 4.69) is 128 Å². The van der Waals surface area contributed by atoms with Gasteiger partial charge in [-0.15, -0.1) is 0 Å². The molecule has 0 heterocycles. The highest BCUT2D eigenvalue weighted by molar-refractivity contribution is 7.68. The summed E-state index contributed by atoms with van der Waals surface area (Å²) in [4.78, 5) is 0. The minimum atomic E-state index is -0.443. The lowest BCUT2D eigenvalue weighted by atomic mass is 9.86. The van der Waals surface area contributed by atoms with E-state index >= 15 is 0 Å². The van der Waals surface area contributed by atoms with Gasteiger partial charge in [0, 0.05) is 0 Å². The van der Waals surface area contributed by atoms with E-state index < -0.39 is 7.92 Å². The summed E-state index contributed by atoms with van der Waals surface area (Å²) in [6, 6.07) is 27.3. The largest absolute Gasteiger partial charge is 0.0636 e. The fourth-order valence-corrected chi connectivity index (χ4v) is 9.62. The van der Waals surface area contributed by atoms with Crippen molar-refractivity contribution in [2.24, 2.45) is 0 Å². The van der Waals surface area contributed by atoms with Crippen LogP contribution >= 0.6 is 7.92 Å². The van der Waals surface area contributed by atoms with Crippen LogP contribution in [0.15, 0.2) is 72.8 Å². The van der Waals surface area contributed by atoms with Crippen molar-refractivity contribution in [1.29, 1.82) is 0 Å². The Kier molecular flexibility index (Phi) is 5.98. The first kappa shape index (κ1) is 23.0. The Morgan fingerprint density at radius 2 is 1.03 bits per heavy atom. The molecule has 0 aliphatic carbocycles. The second-order valence-electron chi connectivity index (χ2n) is 11.3. The van der Waals surface area contributed by atoms with Crippen LogP contribution in [0.3, 0.4) is 0 Å². The predicted octanol–water partition coefficient (Wildman–Crippen LogP) is 9.49. The first-order valence-corrected chi connectivity index (χ1v) is 13.2. The van der Waals surface area contributed by atoms with Gasteiger partial charge in [0.25, 0.3) is 0 Å². The summed E-state index contributed by atoms with van der Waals surface area (Å²) in [5.74, 6) is 0.455. The summed E-state index contributed by atoms with van der Waals surface area (Å²) >= 11 is 0.